The number of benzene rings is 2. The van der Waals surface area contributed by atoms with Gasteiger partial charge in [-0.25, -0.2) is 13.6 Å². The minimum Gasteiger partial charge on any atom is -0.326 e. The van der Waals surface area contributed by atoms with Gasteiger partial charge in [0.15, 0.2) is 0 Å². The number of carbonyl (C=O) groups is 1. The minimum atomic E-state index is -3.79. The van der Waals surface area contributed by atoms with Gasteiger partial charge in [-0.2, -0.15) is 0 Å². The highest BCUT2D eigenvalue weighted by Crippen LogP contribution is 2.28. The Balaban J connectivity index is 2.77. The second kappa shape index (κ2) is 4.40. The molecule has 5 nitrogen and oxygen atoms in total. The van der Waals surface area contributed by atoms with Crippen LogP contribution in [-0.2, 0) is 14.8 Å². The number of fused-ring (bicyclic) bond motifs is 1. The highest BCUT2D eigenvalue weighted by Gasteiger charge is 2.13. The summed E-state index contributed by atoms with van der Waals surface area (Å²) in [5, 5.41) is 8.94. The normalized spacial score (nSPS) is 11.4. The fourth-order valence-electron chi connectivity index (χ4n) is 1.83. The Bertz CT molecular complexity index is 723. The summed E-state index contributed by atoms with van der Waals surface area (Å²) in [7, 11) is -3.79. The van der Waals surface area contributed by atoms with Gasteiger partial charge in [-0.1, -0.05) is 24.3 Å². The maximum atomic E-state index is 11.5. The van der Waals surface area contributed by atoms with Crippen molar-refractivity contribution < 1.29 is 13.2 Å². The van der Waals surface area contributed by atoms with Crippen molar-refractivity contribution in [2.24, 2.45) is 5.14 Å². The van der Waals surface area contributed by atoms with Crippen LogP contribution in [-0.4, -0.2) is 14.3 Å². The molecule has 0 heterocycles. The maximum absolute atomic E-state index is 11.5. The molecule has 0 radical (unpaired) electrons. The first-order valence-electron chi connectivity index (χ1n) is 5.22. The summed E-state index contributed by atoms with van der Waals surface area (Å²) < 4.78 is 22.9. The fraction of sp³-hybridized carbons (Fsp3) is 0.0833. The van der Waals surface area contributed by atoms with E-state index < -0.39 is 10.0 Å². The quantitative estimate of drug-likeness (QED) is 0.860. The molecule has 0 aromatic heterocycles. The second-order valence-corrected chi connectivity index (χ2v) is 5.41. The number of sulfonamides is 1. The molecule has 0 unspecified atom stereocenters. The van der Waals surface area contributed by atoms with Crippen molar-refractivity contribution in [3.05, 3.63) is 36.4 Å². The topological polar surface area (TPSA) is 89.3 Å². The van der Waals surface area contributed by atoms with Gasteiger partial charge in [0.05, 0.1) is 4.90 Å². The second-order valence-electron chi connectivity index (χ2n) is 3.88. The molecule has 1 amide bonds. The van der Waals surface area contributed by atoms with E-state index in [2.05, 4.69) is 5.32 Å². The zero-order valence-electron chi connectivity index (χ0n) is 9.67. The molecule has 0 aliphatic carbocycles. The van der Waals surface area contributed by atoms with Crippen LogP contribution in [0.3, 0.4) is 0 Å². The number of nitrogens with one attached hydrogen (secondary N) is 1. The highest BCUT2D eigenvalue weighted by molar-refractivity contribution is 7.89. The van der Waals surface area contributed by atoms with Crippen molar-refractivity contribution in [2.75, 3.05) is 5.32 Å². The molecule has 2 aromatic carbocycles. The van der Waals surface area contributed by atoms with Gasteiger partial charge >= 0.3 is 0 Å². The van der Waals surface area contributed by atoms with Gasteiger partial charge < -0.3 is 5.32 Å². The van der Waals surface area contributed by atoms with Crippen molar-refractivity contribution in [3.8, 4) is 0 Å². The van der Waals surface area contributed by atoms with Crippen molar-refractivity contribution in [1.29, 1.82) is 0 Å². The van der Waals surface area contributed by atoms with E-state index in [0.29, 0.717) is 16.5 Å². The van der Waals surface area contributed by atoms with Crippen LogP contribution in [0.4, 0.5) is 5.69 Å². The highest BCUT2D eigenvalue weighted by atomic mass is 32.2. The van der Waals surface area contributed by atoms with E-state index in [1.54, 1.807) is 30.3 Å². The van der Waals surface area contributed by atoms with E-state index in [4.69, 9.17) is 5.14 Å². The minimum absolute atomic E-state index is 0.0483. The molecule has 0 saturated heterocycles. The van der Waals surface area contributed by atoms with E-state index >= 15 is 0 Å². The molecule has 0 spiro atoms. The molecule has 2 aromatic rings. The van der Waals surface area contributed by atoms with Crippen LogP contribution >= 0.6 is 0 Å². The summed E-state index contributed by atoms with van der Waals surface area (Å²) in [6.07, 6.45) is 0. The Labute approximate surface area is 105 Å². The molecule has 6 heteroatoms. The predicted octanol–water partition coefficient (Wildman–Crippen LogP) is 1.45. The Hall–Kier alpha value is -1.92. The molecule has 2 rings (SSSR count). The van der Waals surface area contributed by atoms with Crippen LogP contribution in [0.15, 0.2) is 41.3 Å². The van der Waals surface area contributed by atoms with Crippen LogP contribution in [0.2, 0.25) is 0 Å². The predicted molar refractivity (Wildman–Crippen MR) is 69.6 cm³/mol. The molecular weight excluding hydrogens is 252 g/mol. The number of carbonyl (C=O) groups excluding carboxylic acids is 1. The number of amides is 1. The number of hydrogen-bond acceptors (Lipinski definition) is 3. The maximum Gasteiger partial charge on any atom is 0.238 e. The number of rotatable bonds is 2. The zero-order chi connectivity index (χ0) is 13.3. The van der Waals surface area contributed by atoms with Crippen molar-refractivity contribution in [2.45, 2.75) is 11.8 Å². The van der Waals surface area contributed by atoms with Crippen LogP contribution < -0.4 is 10.5 Å². The van der Waals surface area contributed by atoms with Crippen LogP contribution in [0, 0.1) is 0 Å². The van der Waals surface area contributed by atoms with Crippen molar-refractivity contribution in [1.82, 2.24) is 0 Å². The Morgan fingerprint density at radius 1 is 1.11 bits per heavy atom. The lowest BCUT2D eigenvalue weighted by Crippen LogP contribution is -2.13. The third-order valence-corrected chi connectivity index (χ3v) is 3.47. The standard InChI is InChI=1S/C12H12N2O3S/c1-8(15)14-11-6-2-5-10-9(11)4-3-7-12(10)18(13,16)17/h2-7H,1H3,(H,14,15)(H2,13,16,17). The van der Waals surface area contributed by atoms with Crippen molar-refractivity contribution in [3.63, 3.8) is 0 Å². The molecule has 0 saturated carbocycles. The summed E-state index contributed by atoms with van der Waals surface area (Å²) in [6, 6.07) is 9.79. The largest absolute Gasteiger partial charge is 0.326 e. The van der Waals surface area contributed by atoms with Gasteiger partial charge in [0.1, 0.15) is 0 Å². The number of hydrogen-bond donors (Lipinski definition) is 2. The smallest absolute Gasteiger partial charge is 0.238 e. The van der Waals surface area contributed by atoms with Gasteiger partial charge in [-0.05, 0) is 12.1 Å². The third kappa shape index (κ3) is 2.34. The van der Waals surface area contributed by atoms with Crippen LogP contribution in [0.25, 0.3) is 10.8 Å². The molecule has 18 heavy (non-hydrogen) atoms. The number of nitrogens with two attached hydrogens (primary N) is 1. The van der Waals surface area contributed by atoms with Gasteiger partial charge in [-0.3, -0.25) is 4.79 Å². The van der Waals surface area contributed by atoms with Gasteiger partial charge in [0.2, 0.25) is 15.9 Å². The van der Waals surface area contributed by atoms with E-state index in [-0.39, 0.29) is 10.8 Å². The van der Waals surface area contributed by atoms with Crippen LogP contribution in [0.1, 0.15) is 6.92 Å². The lowest BCUT2D eigenvalue weighted by molar-refractivity contribution is -0.114. The Morgan fingerprint density at radius 2 is 1.72 bits per heavy atom. The molecule has 0 fully saturated rings. The monoisotopic (exact) mass is 264 g/mol. The van der Waals surface area contributed by atoms with Gasteiger partial charge in [0.25, 0.3) is 0 Å². The van der Waals surface area contributed by atoms with Crippen LogP contribution in [0.5, 0.6) is 0 Å². The number of primary sulfonamides is 1. The summed E-state index contributed by atoms with van der Waals surface area (Å²) in [5.41, 5.74) is 0.561. The first-order chi connectivity index (χ1) is 8.39. The Morgan fingerprint density at radius 3 is 2.33 bits per heavy atom. The van der Waals surface area contributed by atoms with E-state index in [0.717, 1.165) is 0 Å². The summed E-state index contributed by atoms with van der Waals surface area (Å²) >= 11 is 0. The number of anilines is 1. The molecule has 3 N–H and O–H groups in total. The summed E-state index contributed by atoms with van der Waals surface area (Å²) in [5.74, 6) is -0.219. The third-order valence-electron chi connectivity index (χ3n) is 2.50. The lowest BCUT2D eigenvalue weighted by atomic mass is 10.1. The summed E-state index contributed by atoms with van der Waals surface area (Å²) in [6.45, 7) is 1.39. The molecule has 0 bridgehead atoms. The van der Waals surface area contributed by atoms with E-state index in [1.807, 2.05) is 0 Å². The van der Waals surface area contributed by atoms with Crippen molar-refractivity contribution >= 4 is 32.4 Å². The molecule has 0 aliphatic heterocycles. The Kier molecular flexibility index (Phi) is 3.06. The fourth-order valence-corrected chi connectivity index (χ4v) is 2.58. The first kappa shape index (κ1) is 12.5. The SMILES string of the molecule is CC(=O)Nc1cccc2c(S(N)(=O)=O)cccc12. The summed E-state index contributed by atoms with van der Waals surface area (Å²) in [4.78, 5) is 11.1. The molecule has 0 aliphatic rings. The molecule has 0 atom stereocenters. The van der Waals surface area contributed by atoms with Gasteiger partial charge in [-0.15, -0.1) is 0 Å². The molecular formula is C12H12N2O3S. The van der Waals surface area contributed by atoms with E-state index in [9.17, 15) is 13.2 Å². The van der Waals surface area contributed by atoms with Gasteiger partial charge in [0, 0.05) is 23.4 Å². The average Bonchev–Trinajstić information content (AvgIpc) is 2.26. The van der Waals surface area contributed by atoms with E-state index in [1.165, 1.54) is 13.0 Å². The first-order valence-corrected chi connectivity index (χ1v) is 6.76. The zero-order valence-corrected chi connectivity index (χ0v) is 10.5. The molecule has 94 valence electrons. The average molecular weight is 264 g/mol. The lowest BCUT2D eigenvalue weighted by Gasteiger charge is -2.09.